The molecule has 2 N–H and O–H groups in total. The molecular weight excluding hydrogens is 252 g/mol. The third-order valence-corrected chi connectivity index (χ3v) is 4.23. The van der Waals surface area contributed by atoms with Gasteiger partial charge in [0.25, 0.3) is 0 Å². The maximum atomic E-state index is 5.45. The second kappa shape index (κ2) is 7.31. The quantitative estimate of drug-likeness (QED) is 0.836. The molecule has 0 bridgehead atoms. The third kappa shape index (κ3) is 3.32. The summed E-state index contributed by atoms with van der Waals surface area (Å²) in [7, 11) is 3.50. The lowest BCUT2D eigenvalue weighted by atomic mass is 9.83. The summed E-state index contributed by atoms with van der Waals surface area (Å²) in [6.07, 6.45) is 9.40. The molecule has 0 saturated heterocycles. The van der Waals surface area contributed by atoms with E-state index in [1.807, 2.05) is 7.05 Å². The van der Waals surface area contributed by atoms with Gasteiger partial charge >= 0.3 is 0 Å². The maximum absolute atomic E-state index is 5.45. The molecule has 1 aromatic rings. The van der Waals surface area contributed by atoms with Crippen molar-refractivity contribution in [3.8, 4) is 5.75 Å². The van der Waals surface area contributed by atoms with Crippen LogP contribution in [0.3, 0.4) is 0 Å². The normalized spacial score (nSPS) is 17.6. The predicted molar refractivity (Wildman–Crippen MR) is 82.4 cm³/mol. The minimum absolute atomic E-state index is 0.462. The van der Waals surface area contributed by atoms with Crippen molar-refractivity contribution >= 4 is 11.6 Å². The summed E-state index contributed by atoms with van der Waals surface area (Å²) < 4.78 is 5.45. The van der Waals surface area contributed by atoms with Crippen molar-refractivity contribution in [2.45, 2.75) is 51.5 Å². The number of hydrogen-bond donors (Lipinski definition) is 2. The van der Waals surface area contributed by atoms with Crippen molar-refractivity contribution in [2.24, 2.45) is 5.92 Å². The number of rotatable bonds is 6. The lowest BCUT2D eigenvalue weighted by Gasteiger charge is -2.31. The van der Waals surface area contributed by atoms with Crippen LogP contribution in [0.5, 0.6) is 5.75 Å². The van der Waals surface area contributed by atoms with Gasteiger partial charge in [0.1, 0.15) is 6.33 Å². The molecule has 0 radical (unpaired) electrons. The molecule has 20 heavy (non-hydrogen) atoms. The van der Waals surface area contributed by atoms with Crippen molar-refractivity contribution in [3.63, 3.8) is 0 Å². The molecule has 0 spiro atoms. The zero-order valence-electron chi connectivity index (χ0n) is 12.8. The highest BCUT2D eigenvalue weighted by Gasteiger charge is 2.24. The van der Waals surface area contributed by atoms with E-state index >= 15 is 0 Å². The zero-order chi connectivity index (χ0) is 14.4. The molecule has 112 valence electrons. The molecule has 1 atom stereocenters. The molecule has 0 amide bonds. The summed E-state index contributed by atoms with van der Waals surface area (Å²) in [5, 5.41) is 6.62. The monoisotopic (exact) mass is 278 g/mol. The van der Waals surface area contributed by atoms with Gasteiger partial charge in [0.2, 0.25) is 5.75 Å². The first-order chi connectivity index (χ1) is 9.80. The second-order valence-corrected chi connectivity index (χ2v) is 5.41. The van der Waals surface area contributed by atoms with Gasteiger partial charge in [-0.05, 0) is 25.2 Å². The summed E-state index contributed by atoms with van der Waals surface area (Å²) in [5.74, 6) is 2.96. The van der Waals surface area contributed by atoms with Crippen molar-refractivity contribution in [2.75, 3.05) is 24.8 Å². The number of ether oxygens (including phenoxy) is 1. The number of nitrogens with one attached hydrogen (secondary N) is 2. The van der Waals surface area contributed by atoms with E-state index in [4.69, 9.17) is 4.74 Å². The molecule has 1 aliphatic carbocycles. The number of anilines is 2. The van der Waals surface area contributed by atoms with Gasteiger partial charge in [-0.15, -0.1) is 0 Å². The lowest BCUT2D eigenvalue weighted by molar-refractivity contribution is 0.311. The smallest absolute Gasteiger partial charge is 0.204 e. The number of hydrogen-bond acceptors (Lipinski definition) is 5. The van der Waals surface area contributed by atoms with Crippen LogP contribution in [-0.2, 0) is 0 Å². The van der Waals surface area contributed by atoms with Gasteiger partial charge in [-0.1, -0.05) is 26.2 Å². The van der Waals surface area contributed by atoms with Crippen LogP contribution in [0, 0.1) is 5.92 Å². The summed E-state index contributed by atoms with van der Waals surface area (Å²) in [6, 6.07) is 0.462. The van der Waals surface area contributed by atoms with Gasteiger partial charge in [-0.25, -0.2) is 9.97 Å². The van der Waals surface area contributed by atoms with Crippen LogP contribution in [0.4, 0.5) is 11.6 Å². The fraction of sp³-hybridized carbons (Fsp3) is 0.733. The van der Waals surface area contributed by atoms with Crippen LogP contribution >= 0.6 is 0 Å². The third-order valence-electron chi connectivity index (χ3n) is 4.23. The van der Waals surface area contributed by atoms with Crippen molar-refractivity contribution in [1.82, 2.24) is 9.97 Å². The fourth-order valence-electron chi connectivity index (χ4n) is 3.11. The summed E-state index contributed by atoms with van der Waals surface area (Å²) >= 11 is 0. The Labute approximate surface area is 121 Å². The average molecular weight is 278 g/mol. The van der Waals surface area contributed by atoms with Gasteiger partial charge in [0.05, 0.1) is 7.11 Å². The number of aromatic nitrogens is 2. The summed E-state index contributed by atoms with van der Waals surface area (Å²) in [5.41, 5.74) is 0. The minimum atomic E-state index is 0.462. The largest absolute Gasteiger partial charge is 0.490 e. The summed E-state index contributed by atoms with van der Waals surface area (Å²) in [4.78, 5) is 8.54. The van der Waals surface area contributed by atoms with E-state index in [0.717, 1.165) is 24.0 Å². The van der Waals surface area contributed by atoms with Crippen LogP contribution in [0.15, 0.2) is 6.33 Å². The minimum Gasteiger partial charge on any atom is -0.490 e. The van der Waals surface area contributed by atoms with Gasteiger partial charge in [-0.2, -0.15) is 0 Å². The first-order valence-corrected chi connectivity index (χ1v) is 7.63. The fourth-order valence-corrected chi connectivity index (χ4v) is 3.11. The molecular formula is C15H26N4O. The Hall–Kier alpha value is -1.52. The Kier molecular flexibility index (Phi) is 5.44. The Morgan fingerprint density at radius 3 is 2.55 bits per heavy atom. The molecule has 0 aromatic carbocycles. The Morgan fingerprint density at radius 1 is 1.25 bits per heavy atom. The van der Waals surface area contributed by atoms with Crippen LogP contribution in [0.2, 0.25) is 0 Å². The van der Waals surface area contributed by atoms with Crippen molar-refractivity contribution < 1.29 is 4.74 Å². The standard InChI is InChI=1S/C15H26N4O/c1-4-12(11-8-6-5-7-9-11)19-15-13(20-3)14(16-2)17-10-18-15/h10-12H,4-9H2,1-3H3,(H2,16,17,18,19). The molecule has 0 aliphatic heterocycles. The van der Waals surface area contributed by atoms with Gasteiger partial charge in [0, 0.05) is 13.1 Å². The lowest BCUT2D eigenvalue weighted by Crippen LogP contribution is -2.30. The highest BCUT2D eigenvalue weighted by molar-refractivity contribution is 5.63. The maximum Gasteiger partial charge on any atom is 0.204 e. The topological polar surface area (TPSA) is 59.1 Å². The van der Waals surface area contributed by atoms with Crippen LogP contribution in [0.1, 0.15) is 45.4 Å². The number of methoxy groups -OCH3 is 1. The first kappa shape index (κ1) is 14.9. The van der Waals surface area contributed by atoms with Crippen LogP contribution in [0.25, 0.3) is 0 Å². The highest BCUT2D eigenvalue weighted by Crippen LogP contribution is 2.33. The van der Waals surface area contributed by atoms with E-state index in [1.165, 1.54) is 32.1 Å². The zero-order valence-corrected chi connectivity index (χ0v) is 12.8. The van der Waals surface area contributed by atoms with E-state index in [1.54, 1.807) is 13.4 Å². The highest BCUT2D eigenvalue weighted by atomic mass is 16.5. The molecule has 5 heteroatoms. The van der Waals surface area contributed by atoms with E-state index in [-0.39, 0.29) is 0 Å². The van der Waals surface area contributed by atoms with Crippen LogP contribution in [-0.4, -0.2) is 30.2 Å². The second-order valence-electron chi connectivity index (χ2n) is 5.41. The molecule has 1 heterocycles. The Bertz CT molecular complexity index is 418. The SMILES string of the molecule is CCC(Nc1ncnc(NC)c1OC)C1CCCCC1. The first-order valence-electron chi connectivity index (χ1n) is 7.63. The Morgan fingerprint density at radius 2 is 1.95 bits per heavy atom. The van der Waals surface area contributed by atoms with E-state index in [9.17, 15) is 0 Å². The van der Waals surface area contributed by atoms with E-state index in [0.29, 0.717) is 11.8 Å². The van der Waals surface area contributed by atoms with Gasteiger partial charge in [-0.3, -0.25) is 0 Å². The van der Waals surface area contributed by atoms with E-state index in [2.05, 4.69) is 27.5 Å². The average Bonchev–Trinajstić information content (AvgIpc) is 2.52. The molecule has 5 nitrogen and oxygen atoms in total. The van der Waals surface area contributed by atoms with Crippen LogP contribution < -0.4 is 15.4 Å². The summed E-state index contributed by atoms with van der Waals surface area (Å²) in [6.45, 7) is 2.24. The predicted octanol–water partition coefficient (Wildman–Crippen LogP) is 3.30. The molecule has 1 unspecified atom stereocenters. The molecule has 1 saturated carbocycles. The van der Waals surface area contributed by atoms with Gasteiger partial charge < -0.3 is 15.4 Å². The molecule has 1 aliphatic rings. The van der Waals surface area contributed by atoms with Gasteiger partial charge in [0.15, 0.2) is 11.6 Å². The number of nitrogens with zero attached hydrogens (tertiary/aromatic N) is 2. The Balaban J connectivity index is 2.14. The van der Waals surface area contributed by atoms with Crippen molar-refractivity contribution in [1.29, 1.82) is 0 Å². The molecule has 2 rings (SSSR count). The van der Waals surface area contributed by atoms with E-state index < -0.39 is 0 Å². The van der Waals surface area contributed by atoms with Crippen molar-refractivity contribution in [3.05, 3.63) is 6.33 Å². The molecule has 1 fully saturated rings. The molecule has 1 aromatic heterocycles.